The van der Waals surface area contributed by atoms with Crippen LogP contribution in [0.2, 0.25) is 0 Å². The van der Waals surface area contributed by atoms with Gasteiger partial charge in [0.25, 0.3) is 5.91 Å². The minimum atomic E-state index is -2.74. The van der Waals surface area contributed by atoms with Gasteiger partial charge < -0.3 is 15.6 Å². The zero-order valence-corrected chi connectivity index (χ0v) is 21.4. The number of benzene rings is 2. The molecule has 0 saturated heterocycles. The summed E-state index contributed by atoms with van der Waals surface area (Å²) in [5, 5.41) is 5.62. The minimum Gasteiger partial charge on any atom is -0.357 e. The average Bonchev–Trinajstić information content (AvgIpc) is 3.34. The standard InChI is InChI=1S/C30H27F3N4O2/c1-30(2)16-35-29(39)25-24(18-6-4-3-5-7-18)26(37-27(25)30)19-12-13-34-23(14-19)36-28(38)21(15-22(32)33)17-8-10-20(31)11-9-17/h3-14,21-22,37H,15-16H2,1-2H3,(H,35,39)(H,34,36,38)/t21-/m1/s1. The Bertz CT molecular complexity index is 1520. The van der Waals surface area contributed by atoms with Gasteiger partial charge in [0.2, 0.25) is 12.3 Å². The second kappa shape index (κ2) is 10.4. The first-order valence-corrected chi connectivity index (χ1v) is 12.5. The van der Waals surface area contributed by atoms with Crippen molar-refractivity contribution in [2.24, 2.45) is 0 Å². The summed E-state index contributed by atoms with van der Waals surface area (Å²) in [4.78, 5) is 33.9. The van der Waals surface area contributed by atoms with Gasteiger partial charge in [-0.15, -0.1) is 0 Å². The third-order valence-electron chi connectivity index (χ3n) is 6.96. The number of nitrogens with one attached hydrogen (secondary N) is 3. The fourth-order valence-corrected chi connectivity index (χ4v) is 4.96. The van der Waals surface area contributed by atoms with E-state index < -0.39 is 30.5 Å². The number of hydrogen-bond acceptors (Lipinski definition) is 3. The van der Waals surface area contributed by atoms with Crippen LogP contribution in [0.1, 0.15) is 47.8 Å². The second-order valence-electron chi connectivity index (χ2n) is 10.2. The lowest BCUT2D eigenvalue weighted by atomic mass is 9.82. The number of halogens is 3. The van der Waals surface area contributed by atoms with Gasteiger partial charge in [0.05, 0.1) is 17.2 Å². The smallest absolute Gasteiger partial charge is 0.253 e. The van der Waals surface area contributed by atoms with Crippen LogP contribution in [0.4, 0.5) is 19.0 Å². The molecule has 0 fully saturated rings. The largest absolute Gasteiger partial charge is 0.357 e. The fraction of sp³-hybridized carbons (Fsp3) is 0.233. The zero-order valence-electron chi connectivity index (χ0n) is 21.4. The van der Waals surface area contributed by atoms with Crippen molar-refractivity contribution in [3.63, 3.8) is 0 Å². The van der Waals surface area contributed by atoms with Crippen molar-refractivity contribution in [3.05, 3.63) is 95.6 Å². The number of aromatic nitrogens is 2. The highest BCUT2D eigenvalue weighted by Crippen LogP contribution is 2.42. The van der Waals surface area contributed by atoms with Crippen LogP contribution in [0.15, 0.2) is 72.9 Å². The van der Waals surface area contributed by atoms with Crippen LogP contribution in [-0.2, 0) is 10.2 Å². The Morgan fingerprint density at radius 2 is 1.74 bits per heavy atom. The van der Waals surface area contributed by atoms with E-state index in [0.717, 1.165) is 29.0 Å². The maximum Gasteiger partial charge on any atom is 0.253 e. The quantitative estimate of drug-likeness (QED) is 0.262. The van der Waals surface area contributed by atoms with E-state index in [-0.39, 0.29) is 22.7 Å². The second-order valence-corrected chi connectivity index (χ2v) is 10.2. The number of fused-ring (bicyclic) bond motifs is 1. The molecule has 1 atom stereocenters. The number of carbonyl (C=O) groups excluding carboxylic acids is 2. The first kappa shape index (κ1) is 26.2. The molecule has 0 saturated carbocycles. The molecule has 1 aliphatic heterocycles. The summed E-state index contributed by atoms with van der Waals surface area (Å²) < 4.78 is 40.1. The van der Waals surface area contributed by atoms with Crippen molar-refractivity contribution < 1.29 is 22.8 Å². The molecule has 2 aromatic heterocycles. The molecule has 2 aromatic carbocycles. The van der Waals surface area contributed by atoms with Crippen LogP contribution in [0.3, 0.4) is 0 Å². The number of amides is 2. The lowest BCUT2D eigenvalue weighted by Crippen LogP contribution is -2.43. The Hall–Kier alpha value is -4.40. The van der Waals surface area contributed by atoms with Gasteiger partial charge in [-0.3, -0.25) is 9.59 Å². The minimum absolute atomic E-state index is 0.161. The number of aromatic amines is 1. The molecule has 1 aliphatic rings. The number of nitrogens with zero attached hydrogens (tertiary/aromatic N) is 1. The Morgan fingerprint density at radius 1 is 1.03 bits per heavy atom. The van der Waals surface area contributed by atoms with Crippen molar-refractivity contribution in [1.82, 2.24) is 15.3 Å². The Kier molecular flexibility index (Phi) is 6.99. The molecule has 2 amide bonds. The van der Waals surface area contributed by atoms with Crippen molar-refractivity contribution in [2.75, 3.05) is 11.9 Å². The summed E-state index contributed by atoms with van der Waals surface area (Å²) >= 11 is 0. The van der Waals surface area contributed by atoms with Gasteiger partial charge in [-0.2, -0.15) is 0 Å². The molecule has 0 unspecified atom stereocenters. The SMILES string of the molecule is CC1(C)CNC(=O)c2c1[nH]c(-c1ccnc(NC(=O)[C@H](CC(F)F)c3ccc(F)cc3)c1)c2-c1ccccc1. The molecule has 0 aliphatic carbocycles. The molecule has 200 valence electrons. The maximum absolute atomic E-state index is 13.4. The molecule has 0 spiro atoms. The van der Waals surface area contributed by atoms with Gasteiger partial charge in [0.1, 0.15) is 11.6 Å². The predicted molar refractivity (Wildman–Crippen MR) is 143 cm³/mol. The first-order chi connectivity index (χ1) is 18.6. The Balaban J connectivity index is 1.54. The highest BCUT2D eigenvalue weighted by molar-refractivity contribution is 6.07. The summed E-state index contributed by atoms with van der Waals surface area (Å²) in [5.74, 6) is -2.42. The molecular weight excluding hydrogens is 505 g/mol. The molecule has 3 heterocycles. The molecule has 39 heavy (non-hydrogen) atoms. The molecule has 3 N–H and O–H groups in total. The number of H-pyrrole nitrogens is 1. The Morgan fingerprint density at radius 3 is 2.44 bits per heavy atom. The first-order valence-electron chi connectivity index (χ1n) is 12.5. The molecule has 6 nitrogen and oxygen atoms in total. The van der Waals surface area contributed by atoms with E-state index in [1.807, 2.05) is 44.2 Å². The molecule has 5 rings (SSSR count). The molecule has 4 aromatic rings. The maximum atomic E-state index is 13.4. The molecule has 0 radical (unpaired) electrons. The van der Waals surface area contributed by atoms with Gasteiger partial charge in [-0.1, -0.05) is 56.3 Å². The van der Waals surface area contributed by atoms with Crippen LogP contribution in [-0.4, -0.2) is 34.8 Å². The van der Waals surface area contributed by atoms with Gasteiger partial charge in [-0.05, 0) is 35.4 Å². The van der Waals surface area contributed by atoms with Gasteiger partial charge >= 0.3 is 0 Å². The lowest BCUT2D eigenvalue weighted by Gasteiger charge is -2.30. The number of carbonyl (C=O) groups is 2. The molecule has 9 heteroatoms. The van der Waals surface area contributed by atoms with Crippen LogP contribution < -0.4 is 10.6 Å². The van der Waals surface area contributed by atoms with Crippen molar-refractivity contribution in [1.29, 1.82) is 0 Å². The van der Waals surface area contributed by atoms with E-state index in [9.17, 15) is 22.8 Å². The third kappa shape index (κ3) is 5.30. The van der Waals surface area contributed by atoms with Crippen LogP contribution in [0, 0.1) is 5.82 Å². The number of pyridine rings is 1. The summed E-state index contributed by atoms with van der Waals surface area (Å²) in [6, 6.07) is 17.8. The summed E-state index contributed by atoms with van der Waals surface area (Å²) in [7, 11) is 0. The molecule has 0 bridgehead atoms. The number of anilines is 1. The highest BCUT2D eigenvalue weighted by Gasteiger charge is 2.37. The average molecular weight is 533 g/mol. The molecular formula is C30H27F3N4O2. The zero-order chi connectivity index (χ0) is 27.7. The highest BCUT2D eigenvalue weighted by atomic mass is 19.3. The summed E-state index contributed by atoms with van der Waals surface area (Å²) in [6.45, 7) is 4.55. The van der Waals surface area contributed by atoms with Crippen LogP contribution in [0.5, 0.6) is 0 Å². The lowest BCUT2D eigenvalue weighted by molar-refractivity contribution is -0.118. The predicted octanol–water partition coefficient (Wildman–Crippen LogP) is 6.28. The van der Waals surface area contributed by atoms with E-state index in [0.29, 0.717) is 23.4 Å². The fourth-order valence-electron chi connectivity index (χ4n) is 4.96. The summed E-state index contributed by atoms with van der Waals surface area (Å²) in [5.41, 5.74) is 4.18. The van der Waals surface area contributed by atoms with E-state index in [1.165, 1.54) is 18.3 Å². The van der Waals surface area contributed by atoms with Gasteiger partial charge in [-0.25, -0.2) is 18.2 Å². The number of alkyl halides is 2. The van der Waals surface area contributed by atoms with E-state index in [4.69, 9.17) is 0 Å². The topological polar surface area (TPSA) is 86.9 Å². The van der Waals surface area contributed by atoms with E-state index >= 15 is 0 Å². The van der Waals surface area contributed by atoms with E-state index in [2.05, 4.69) is 20.6 Å². The summed E-state index contributed by atoms with van der Waals surface area (Å²) in [6.07, 6.45) is -1.95. The van der Waals surface area contributed by atoms with E-state index in [1.54, 1.807) is 12.1 Å². The number of hydrogen-bond donors (Lipinski definition) is 3. The van der Waals surface area contributed by atoms with Crippen molar-refractivity contribution in [3.8, 4) is 22.4 Å². The third-order valence-corrected chi connectivity index (χ3v) is 6.96. The monoisotopic (exact) mass is 532 g/mol. The van der Waals surface area contributed by atoms with Crippen LogP contribution in [0.25, 0.3) is 22.4 Å². The van der Waals surface area contributed by atoms with Crippen molar-refractivity contribution in [2.45, 2.75) is 38.0 Å². The normalized spacial score (nSPS) is 15.0. The van der Waals surface area contributed by atoms with Gasteiger partial charge in [0, 0.05) is 41.4 Å². The van der Waals surface area contributed by atoms with Crippen LogP contribution >= 0.6 is 0 Å². The van der Waals surface area contributed by atoms with Crippen molar-refractivity contribution >= 4 is 17.6 Å². The number of rotatable bonds is 7. The van der Waals surface area contributed by atoms with Gasteiger partial charge in [0.15, 0.2) is 0 Å². The Labute approximate surface area is 223 Å².